The third-order valence-corrected chi connectivity index (χ3v) is 4.67. The quantitative estimate of drug-likeness (QED) is 0.851. The molecule has 106 valence electrons. The van der Waals surface area contributed by atoms with Crippen LogP contribution in [0.2, 0.25) is 0 Å². The summed E-state index contributed by atoms with van der Waals surface area (Å²) in [5, 5.41) is 10.4. The molecule has 1 aromatic rings. The van der Waals surface area contributed by atoms with Crippen LogP contribution in [0.5, 0.6) is 5.75 Å². The molecule has 2 heteroatoms. The normalized spacial score (nSPS) is 18.8. The van der Waals surface area contributed by atoms with Gasteiger partial charge in [0, 0.05) is 12.0 Å². The number of aromatic hydroxyl groups is 1. The zero-order chi connectivity index (χ0) is 14.3. The molecule has 0 aromatic heterocycles. The summed E-state index contributed by atoms with van der Waals surface area (Å²) in [4.78, 5) is 0. The first-order valence-corrected chi connectivity index (χ1v) is 7.35. The largest absolute Gasteiger partial charge is 0.508 e. The number of rotatable bonds is 2. The fraction of sp³-hybridized carbons (Fsp3) is 0.647. The lowest BCUT2D eigenvalue weighted by atomic mass is 9.74. The Bertz CT molecular complexity index is 465. The molecule has 0 aliphatic heterocycles. The molecule has 0 heterocycles. The molecule has 1 fully saturated rings. The highest BCUT2D eigenvalue weighted by Gasteiger charge is 2.36. The second-order valence-corrected chi connectivity index (χ2v) is 7.13. The molecule has 1 saturated carbocycles. The molecule has 19 heavy (non-hydrogen) atoms. The van der Waals surface area contributed by atoms with Crippen molar-refractivity contribution in [3.05, 3.63) is 28.8 Å². The first kappa shape index (κ1) is 14.4. The zero-order valence-electron chi connectivity index (χ0n) is 12.7. The predicted molar refractivity (Wildman–Crippen MR) is 80.7 cm³/mol. The lowest BCUT2D eigenvalue weighted by Gasteiger charge is -2.31. The summed E-state index contributed by atoms with van der Waals surface area (Å²) in [5.41, 5.74) is 9.69. The van der Waals surface area contributed by atoms with Gasteiger partial charge < -0.3 is 10.8 Å². The van der Waals surface area contributed by atoms with Gasteiger partial charge in [-0.25, -0.2) is 0 Å². The average Bonchev–Trinajstić information content (AvgIpc) is 2.80. The van der Waals surface area contributed by atoms with Crippen molar-refractivity contribution in [3.8, 4) is 5.75 Å². The Morgan fingerprint density at radius 2 is 1.79 bits per heavy atom. The van der Waals surface area contributed by atoms with Crippen LogP contribution in [-0.2, 0) is 10.8 Å². The Hall–Kier alpha value is -1.02. The summed E-state index contributed by atoms with van der Waals surface area (Å²) in [6, 6.07) is 4.13. The van der Waals surface area contributed by atoms with Crippen LogP contribution < -0.4 is 5.73 Å². The van der Waals surface area contributed by atoms with Crippen molar-refractivity contribution in [2.75, 3.05) is 6.54 Å². The van der Waals surface area contributed by atoms with Gasteiger partial charge in [0.1, 0.15) is 5.75 Å². The van der Waals surface area contributed by atoms with E-state index in [0.717, 1.165) is 18.4 Å². The fourth-order valence-electron chi connectivity index (χ4n) is 3.50. The van der Waals surface area contributed by atoms with E-state index in [0.29, 0.717) is 12.3 Å². The van der Waals surface area contributed by atoms with Crippen molar-refractivity contribution < 1.29 is 5.11 Å². The van der Waals surface area contributed by atoms with Crippen molar-refractivity contribution in [1.82, 2.24) is 0 Å². The van der Waals surface area contributed by atoms with Crippen molar-refractivity contribution in [2.45, 2.75) is 64.2 Å². The molecule has 2 nitrogen and oxygen atoms in total. The molecule has 1 aliphatic carbocycles. The lowest BCUT2D eigenvalue weighted by molar-refractivity contribution is 0.426. The van der Waals surface area contributed by atoms with Crippen LogP contribution in [-0.4, -0.2) is 11.7 Å². The summed E-state index contributed by atoms with van der Waals surface area (Å²) in [7, 11) is 0. The summed E-state index contributed by atoms with van der Waals surface area (Å²) >= 11 is 0. The highest BCUT2D eigenvalue weighted by molar-refractivity contribution is 5.48. The number of nitrogens with two attached hydrogens (primary N) is 1. The lowest BCUT2D eigenvalue weighted by Crippen LogP contribution is -2.33. The van der Waals surface area contributed by atoms with E-state index in [1.54, 1.807) is 0 Å². The van der Waals surface area contributed by atoms with Gasteiger partial charge in [-0.1, -0.05) is 39.7 Å². The number of phenols is 1. The maximum Gasteiger partial charge on any atom is 0.119 e. The third-order valence-electron chi connectivity index (χ3n) is 4.67. The van der Waals surface area contributed by atoms with E-state index < -0.39 is 0 Å². The van der Waals surface area contributed by atoms with E-state index in [1.807, 2.05) is 6.07 Å². The van der Waals surface area contributed by atoms with Gasteiger partial charge in [0.25, 0.3) is 0 Å². The number of phenolic OH excluding ortho intramolecular Hbond substituents is 1. The van der Waals surface area contributed by atoms with Gasteiger partial charge >= 0.3 is 0 Å². The molecule has 0 saturated heterocycles. The van der Waals surface area contributed by atoms with Crippen LogP contribution in [0.4, 0.5) is 0 Å². The Kier molecular flexibility index (Phi) is 3.65. The third kappa shape index (κ3) is 2.51. The predicted octanol–water partition coefficient (Wildman–Crippen LogP) is 3.77. The Balaban J connectivity index is 2.52. The Labute approximate surface area is 117 Å². The van der Waals surface area contributed by atoms with Crippen molar-refractivity contribution in [1.29, 1.82) is 0 Å². The first-order valence-electron chi connectivity index (χ1n) is 7.35. The maximum atomic E-state index is 10.4. The van der Waals surface area contributed by atoms with E-state index in [1.165, 1.54) is 24.0 Å². The zero-order valence-corrected chi connectivity index (χ0v) is 12.7. The number of hydrogen-bond donors (Lipinski definition) is 2. The monoisotopic (exact) mass is 261 g/mol. The minimum Gasteiger partial charge on any atom is -0.508 e. The van der Waals surface area contributed by atoms with E-state index >= 15 is 0 Å². The van der Waals surface area contributed by atoms with Gasteiger partial charge in [0.15, 0.2) is 0 Å². The fourth-order valence-corrected chi connectivity index (χ4v) is 3.50. The summed E-state index contributed by atoms with van der Waals surface area (Å²) in [5.74, 6) is 0.424. The van der Waals surface area contributed by atoms with Crippen LogP contribution in [0.3, 0.4) is 0 Å². The molecule has 0 radical (unpaired) electrons. The minimum atomic E-state index is -0.0288. The van der Waals surface area contributed by atoms with Crippen molar-refractivity contribution >= 4 is 0 Å². The van der Waals surface area contributed by atoms with Crippen LogP contribution in [0.25, 0.3) is 0 Å². The number of aryl methyl sites for hydroxylation is 1. The molecule has 0 unspecified atom stereocenters. The molecule has 1 aromatic carbocycles. The summed E-state index contributed by atoms with van der Waals surface area (Å²) in [6.45, 7) is 9.24. The van der Waals surface area contributed by atoms with E-state index in [9.17, 15) is 5.11 Å². The number of hydrogen-bond acceptors (Lipinski definition) is 2. The molecule has 0 bridgehead atoms. The highest BCUT2D eigenvalue weighted by Crippen LogP contribution is 2.44. The van der Waals surface area contributed by atoms with Crippen LogP contribution in [0, 0.1) is 6.92 Å². The van der Waals surface area contributed by atoms with Gasteiger partial charge in [0.2, 0.25) is 0 Å². The molecule has 0 amide bonds. The smallest absolute Gasteiger partial charge is 0.119 e. The van der Waals surface area contributed by atoms with E-state index in [2.05, 4.69) is 33.8 Å². The highest BCUT2D eigenvalue weighted by atomic mass is 16.3. The SMILES string of the molecule is Cc1cc(C(C)(C)C)c(O)cc1C1(CN)CCCC1. The van der Waals surface area contributed by atoms with Gasteiger partial charge in [-0.15, -0.1) is 0 Å². The Morgan fingerprint density at radius 1 is 1.21 bits per heavy atom. The molecule has 1 aliphatic rings. The van der Waals surface area contributed by atoms with Crippen molar-refractivity contribution in [2.24, 2.45) is 5.73 Å². The molecular formula is C17H27NO. The van der Waals surface area contributed by atoms with Gasteiger partial charge in [0.05, 0.1) is 0 Å². The first-order chi connectivity index (χ1) is 8.80. The standard InChI is InChI=1S/C17H27NO/c1-12-9-14(16(2,3)4)15(19)10-13(12)17(11-18)7-5-6-8-17/h9-10,19H,5-8,11,18H2,1-4H3. The van der Waals surface area contributed by atoms with E-state index in [4.69, 9.17) is 5.73 Å². The van der Waals surface area contributed by atoms with Crippen LogP contribution in [0.1, 0.15) is 63.1 Å². The van der Waals surface area contributed by atoms with E-state index in [-0.39, 0.29) is 10.8 Å². The summed E-state index contributed by atoms with van der Waals surface area (Å²) in [6.07, 6.45) is 4.80. The van der Waals surface area contributed by atoms with Gasteiger partial charge in [-0.2, -0.15) is 0 Å². The van der Waals surface area contributed by atoms with Crippen LogP contribution >= 0.6 is 0 Å². The van der Waals surface area contributed by atoms with Crippen LogP contribution in [0.15, 0.2) is 12.1 Å². The molecular weight excluding hydrogens is 234 g/mol. The van der Waals surface area contributed by atoms with Gasteiger partial charge in [-0.05, 0) is 47.9 Å². The Morgan fingerprint density at radius 3 is 2.26 bits per heavy atom. The molecule has 0 atom stereocenters. The molecule has 3 N–H and O–H groups in total. The topological polar surface area (TPSA) is 46.2 Å². The van der Waals surface area contributed by atoms with Crippen molar-refractivity contribution in [3.63, 3.8) is 0 Å². The second kappa shape index (κ2) is 4.82. The number of benzene rings is 1. The molecule has 0 spiro atoms. The van der Waals surface area contributed by atoms with Gasteiger partial charge in [-0.3, -0.25) is 0 Å². The molecule has 2 rings (SSSR count). The maximum absolute atomic E-state index is 10.4. The second-order valence-electron chi connectivity index (χ2n) is 7.13. The average molecular weight is 261 g/mol. The minimum absolute atomic E-state index is 0.0288. The summed E-state index contributed by atoms with van der Waals surface area (Å²) < 4.78 is 0.